The van der Waals surface area contributed by atoms with Gasteiger partial charge in [0.25, 0.3) is 0 Å². The predicted molar refractivity (Wildman–Crippen MR) is 110 cm³/mol. The van der Waals surface area contributed by atoms with E-state index in [2.05, 4.69) is 5.32 Å². The predicted octanol–water partition coefficient (Wildman–Crippen LogP) is 1.70. The number of methoxy groups -OCH3 is 1. The second-order valence-electron chi connectivity index (χ2n) is 7.60. The third kappa shape index (κ3) is 9.60. The van der Waals surface area contributed by atoms with Gasteiger partial charge in [-0.05, 0) is 39.3 Å². The highest BCUT2D eigenvalue weighted by Crippen LogP contribution is 2.25. The van der Waals surface area contributed by atoms with Crippen molar-refractivity contribution in [3.05, 3.63) is 23.8 Å². The fourth-order valence-electron chi connectivity index (χ4n) is 2.38. The molecule has 9 nitrogen and oxygen atoms in total. The largest absolute Gasteiger partial charge is 0.496 e. The minimum absolute atomic E-state index is 0.0433. The van der Waals surface area contributed by atoms with E-state index in [1.54, 1.807) is 46.0 Å². The summed E-state index contributed by atoms with van der Waals surface area (Å²) >= 11 is 0. The lowest BCUT2D eigenvalue weighted by molar-refractivity contribution is -0.159. The van der Waals surface area contributed by atoms with Crippen LogP contribution in [-0.2, 0) is 30.5 Å². The molecule has 0 bridgehead atoms. The molecule has 0 radical (unpaired) electrons. The Bertz CT molecular complexity index is 729. The van der Waals surface area contributed by atoms with Crippen molar-refractivity contribution in [1.82, 2.24) is 5.32 Å². The zero-order chi connectivity index (χ0) is 22.7. The van der Waals surface area contributed by atoms with Gasteiger partial charge in [-0.2, -0.15) is 0 Å². The maximum absolute atomic E-state index is 12.1. The molecule has 1 atom stereocenters. The summed E-state index contributed by atoms with van der Waals surface area (Å²) in [6.07, 6.45) is 0.693. The molecule has 1 aromatic carbocycles. The second-order valence-corrected chi connectivity index (χ2v) is 7.60. The van der Waals surface area contributed by atoms with E-state index in [9.17, 15) is 14.4 Å². The van der Waals surface area contributed by atoms with E-state index in [0.717, 1.165) is 0 Å². The molecule has 0 unspecified atom stereocenters. The van der Waals surface area contributed by atoms with Crippen molar-refractivity contribution >= 4 is 17.8 Å². The van der Waals surface area contributed by atoms with Crippen LogP contribution in [0.15, 0.2) is 18.2 Å². The van der Waals surface area contributed by atoms with Gasteiger partial charge in [0.15, 0.2) is 0 Å². The fourth-order valence-corrected chi connectivity index (χ4v) is 2.38. The van der Waals surface area contributed by atoms with Crippen molar-refractivity contribution in [2.45, 2.75) is 58.3 Å². The van der Waals surface area contributed by atoms with E-state index >= 15 is 0 Å². The van der Waals surface area contributed by atoms with E-state index in [-0.39, 0.29) is 18.9 Å². The molecule has 1 aromatic rings. The Morgan fingerprint density at radius 1 is 1.20 bits per heavy atom. The Hall–Kier alpha value is -2.81. The Balaban J connectivity index is 2.55. The lowest BCUT2D eigenvalue weighted by Crippen LogP contribution is -2.36. The van der Waals surface area contributed by atoms with E-state index in [4.69, 9.17) is 24.7 Å². The van der Waals surface area contributed by atoms with Gasteiger partial charge in [-0.15, -0.1) is 0 Å². The Kier molecular flexibility index (Phi) is 10.1. The van der Waals surface area contributed by atoms with Crippen LogP contribution in [0.3, 0.4) is 0 Å². The molecule has 1 rings (SSSR count). The van der Waals surface area contributed by atoms with Gasteiger partial charge in [-0.25, -0.2) is 0 Å². The molecule has 30 heavy (non-hydrogen) atoms. The summed E-state index contributed by atoms with van der Waals surface area (Å²) in [6, 6.07) is 3.98. The van der Waals surface area contributed by atoms with Crippen LogP contribution in [0.4, 0.5) is 0 Å². The Labute approximate surface area is 177 Å². The number of rotatable bonds is 11. The number of hydrogen-bond acceptors (Lipinski definition) is 8. The Morgan fingerprint density at radius 2 is 1.90 bits per heavy atom. The summed E-state index contributed by atoms with van der Waals surface area (Å²) in [6.45, 7) is 5.51. The molecule has 0 saturated carbocycles. The van der Waals surface area contributed by atoms with Gasteiger partial charge >= 0.3 is 11.9 Å². The van der Waals surface area contributed by atoms with Gasteiger partial charge in [0.1, 0.15) is 29.7 Å². The molecule has 1 amide bonds. The van der Waals surface area contributed by atoms with Crippen LogP contribution in [0, 0.1) is 0 Å². The van der Waals surface area contributed by atoms with Gasteiger partial charge in [-0.1, -0.05) is 0 Å². The highest BCUT2D eigenvalue weighted by atomic mass is 16.6. The highest BCUT2D eigenvalue weighted by molar-refractivity contribution is 5.82. The molecule has 9 heteroatoms. The average Bonchev–Trinajstić information content (AvgIpc) is 2.67. The van der Waals surface area contributed by atoms with Crippen LogP contribution in [0.25, 0.3) is 0 Å². The molecular weight excluding hydrogens is 392 g/mol. The van der Waals surface area contributed by atoms with Gasteiger partial charge in [0.05, 0.1) is 20.1 Å². The summed E-state index contributed by atoms with van der Waals surface area (Å²) in [5, 5.41) is 2.55. The first-order valence-corrected chi connectivity index (χ1v) is 9.70. The molecule has 168 valence electrons. The summed E-state index contributed by atoms with van der Waals surface area (Å²) in [5.74, 6) is -0.272. The molecule has 0 aliphatic rings. The molecule has 0 heterocycles. The number of esters is 2. The summed E-state index contributed by atoms with van der Waals surface area (Å²) < 4.78 is 21.3. The molecule has 0 saturated heterocycles. The first-order chi connectivity index (χ1) is 14.1. The Morgan fingerprint density at radius 3 is 2.50 bits per heavy atom. The van der Waals surface area contributed by atoms with Crippen LogP contribution in [0.1, 0.15) is 45.6 Å². The maximum Gasteiger partial charge on any atom is 0.323 e. The third-order valence-corrected chi connectivity index (χ3v) is 3.83. The van der Waals surface area contributed by atoms with Crippen LogP contribution >= 0.6 is 0 Å². The van der Waals surface area contributed by atoms with Crippen molar-refractivity contribution in [2.75, 3.05) is 20.8 Å². The highest BCUT2D eigenvalue weighted by Gasteiger charge is 2.24. The third-order valence-electron chi connectivity index (χ3n) is 3.83. The molecule has 0 aliphatic carbocycles. The van der Waals surface area contributed by atoms with Gasteiger partial charge in [0, 0.05) is 25.1 Å². The topological polar surface area (TPSA) is 126 Å². The summed E-state index contributed by atoms with van der Waals surface area (Å²) in [7, 11) is 3.08. The van der Waals surface area contributed by atoms with E-state index in [1.165, 1.54) is 7.11 Å². The molecule has 0 fully saturated rings. The van der Waals surface area contributed by atoms with Crippen molar-refractivity contribution in [3.63, 3.8) is 0 Å². The van der Waals surface area contributed by atoms with Gasteiger partial charge in [0.2, 0.25) is 5.91 Å². The zero-order valence-corrected chi connectivity index (χ0v) is 18.3. The number of ether oxygens (including phenoxy) is 4. The number of carbonyl (C=O) groups excluding carboxylic acids is 3. The molecule has 3 N–H and O–H groups in total. The van der Waals surface area contributed by atoms with Crippen LogP contribution in [-0.4, -0.2) is 50.3 Å². The second kappa shape index (κ2) is 12.0. The SMILES string of the molecule is CNC(=O)CCCOc1ccc(COC(=O)[C@@H](N)CC(=O)OC(C)(C)C)c(OC)c1. The smallest absolute Gasteiger partial charge is 0.323 e. The van der Waals surface area contributed by atoms with E-state index < -0.39 is 23.6 Å². The molecule has 0 aliphatic heterocycles. The van der Waals surface area contributed by atoms with Crippen molar-refractivity contribution in [3.8, 4) is 11.5 Å². The van der Waals surface area contributed by atoms with Crippen molar-refractivity contribution in [1.29, 1.82) is 0 Å². The number of nitrogens with one attached hydrogen (secondary N) is 1. The van der Waals surface area contributed by atoms with Crippen LogP contribution < -0.4 is 20.5 Å². The fraction of sp³-hybridized carbons (Fsp3) is 0.571. The van der Waals surface area contributed by atoms with E-state index in [0.29, 0.717) is 36.5 Å². The number of carbonyl (C=O) groups is 3. The normalized spacial score (nSPS) is 11.9. The first-order valence-electron chi connectivity index (χ1n) is 9.70. The minimum Gasteiger partial charge on any atom is -0.496 e. The van der Waals surface area contributed by atoms with Crippen LogP contribution in [0.5, 0.6) is 11.5 Å². The minimum atomic E-state index is -1.12. The number of nitrogens with two attached hydrogens (primary N) is 1. The quantitative estimate of drug-likeness (QED) is 0.406. The maximum atomic E-state index is 12.1. The lowest BCUT2D eigenvalue weighted by Gasteiger charge is -2.20. The first kappa shape index (κ1) is 25.2. The summed E-state index contributed by atoms with van der Waals surface area (Å²) in [4.78, 5) is 35.1. The monoisotopic (exact) mass is 424 g/mol. The van der Waals surface area contributed by atoms with Crippen molar-refractivity contribution in [2.24, 2.45) is 5.73 Å². The van der Waals surface area contributed by atoms with Crippen LogP contribution in [0.2, 0.25) is 0 Å². The number of hydrogen-bond donors (Lipinski definition) is 2. The summed E-state index contributed by atoms with van der Waals surface area (Å²) in [5.41, 5.74) is 5.71. The van der Waals surface area contributed by atoms with Gasteiger partial charge in [-0.3, -0.25) is 14.4 Å². The molecule has 0 spiro atoms. The van der Waals surface area contributed by atoms with Gasteiger partial charge < -0.3 is 30.0 Å². The molecule has 0 aromatic heterocycles. The lowest BCUT2D eigenvalue weighted by atomic mass is 10.1. The van der Waals surface area contributed by atoms with E-state index in [1.807, 2.05) is 0 Å². The number of benzene rings is 1. The average molecular weight is 424 g/mol. The van der Waals surface area contributed by atoms with Crippen molar-refractivity contribution < 1.29 is 33.3 Å². The molecular formula is C21H32N2O7. The standard InChI is InChI=1S/C21H32N2O7/c1-21(2,3)30-19(25)12-16(22)20(26)29-13-14-8-9-15(11-17(14)27-5)28-10-6-7-18(24)23-4/h8-9,11,16H,6-7,10,12-13,22H2,1-5H3,(H,23,24)/t16-/m0/s1. The zero-order valence-electron chi connectivity index (χ0n) is 18.3. The number of amides is 1.